The number of rotatable bonds is 6. The quantitative estimate of drug-likeness (QED) is 0.420. The predicted octanol–water partition coefficient (Wildman–Crippen LogP) is 2.30. The van der Waals surface area contributed by atoms with Crippen LogP contribution in [0.15, 0.2) is 0 Å². The van der Waals surface area contributed by atoms with Crippen molar-refractivity contribution in [1.29, 1.82) is 0 Å². The third-order valence-electron chi connectivity index (χ3n) is 1.57. The number of unbranched alkanes of at least 4 members (excludes halogenated alkanes) is 2. The molecule has 0 spiro atoms. The van der Waals surface area contributed by atoms with Gasteiger partial charge in [-0.3, -0.25) is 0 Å². The van der Waals surface area contributed by atoms with Crippen molar-refractivity contribution in [3.8, 4) is 0 Å². The maximum Gasteiger partial charge on any atom is 0.452 e. The molecular formula is C8H17MgO. The monoisotopic (exact) mass is 153 g/mol. The Hall–Kier alpha value is 0.726. The Bertz CT molecular complexity index is 64.3. The highest BCUT2D eigenvalue weighted by molar-refractivity contribution is 5.97. The second kappa shape index (κ2) is 7.83. The van der Waals surface area contributed by atoms with Crippen LogP contribution in [0.25, 0.3) is 0 Å². The third-order valence-corrected chi connectivity index (χ3v) is 1.86. The molecule has 1 radical (unpaired) electrons. The molecule has 0 N–H and O–H groups in total. The highest BCUT2D eigenvalue weighted by atomic mass is 24.4. The van der Waals surface area contributed by atoms with Crippen molar-refractivity contribution in [3.05, 3.63) is 0 Å². The predicted molar refractivity (Wildman–Crippen MR) is 45.0 cm³/mol. The number of hydrogen-bond acceptors (Lipinski definition) is 1. The summed E-state index contributed by atoms with van der Waals surface area (Å²) in [6.45, 7) is 5.49. The van der Waals surface area contributed by atoms with E-state index in [9.17, 15) is 0 Å². The standard InChI is InChI=1S/C8H17O.Mg/c1-8(2)6-4-3-5-7-9;/h8H,3-7H2,1-2H3;/q-1;+1. The van der Waals surface area contributed by atoms with E-state index in [1.54, 1.807) is 22.1 Å². The number of hydrogen-bond donors (Lipinski definition) is 0. The maximum absolute atomic E-state index is 4.98. The van der Waals surface area contributed by atoms with Gasteiger partial charge < -0.3 is 3.17 Å². The molecule has 0 aromatic rings. The summed E-state index contributed by atoms with van der Waals surface area (Å²) in [6.07, 6.45) is 5.29. The minimum atomic E-state index is 0.865. The second-order valence-corrected chi connectivity index (χ2v) is 3.56. The molecule has 0 aliphatic rings. The van der Waals surface area contributed by atoms with Gasteiger partial charge in [-0.15, -0.1) is 0 Å². The summed E-state index contributed by atoms with van der Waals surface area (Å²) < 4.78 is 4.98. The molecule has 0 saturated carbocycles. The van der Waals surface area contributed by atoms with Gasteiger partial charge in [-0.05, 0) is 12.3 Å². The summed E-state index contributed by atoms with van der Waals surface area (Å²) in [5.41, 5.74) is 0. The molecular weight excluding hydrogens is 136 g/mol. The fraction of sp³-hybridized carbons (Fsp3) is 1.00. The first-order valence-electron chi connectivity index (χ1n) is 4.14. The van der Waals surface area contributed by atoms with Gasteiger partial charge in [0, 0.05) is 6.61 Å². The van der Waals surface area contributed by atoms with Crippen molar-refractivity contribution in [1.82, 2.24) is 0 Å². The first-order valence-corrected chi connectivity index (χ1v) is 4.72. The van der Waals surface area contributed by atoms with E-state index < -0.39 is 0 Å². The van der Waals surface area contributed by atoms with Gasteiger partial charge in [0.05, 0.1) is 0 Å². The molecule has 0 heterocycles. The van der Waals surface area contributed by atoms with Crippen molar-refractivity contribution in [2.45, 2.75) is 39.5 Å². The molecule has 0 aliphatic heterocycles. The van der Waals surface area contributed by atoms with Gasteiger partial charge in [-0.2, -0.15) is 0 Å². The molecule has 0 aromatic carbocycles. The van der Waals surface area contributed by atoms with E-state index in [4.69, 9.17) is 3.17 Å². The molecule has 0 aromatic heterocycles. The van der Waals surface area contributed by atoms with Gasteiger partial charge in [-0.25, -0.2) is 0 Å². The van der Waals surface area contributed by atoms with Crippen LogP contribution in [0, 0.1) is 5.92 Å². The van der Waals surface area contributed by atoms with Crippen molar-refractivity contribution < 1.29 is 3.17 Å². The van der Waals surface area contributed by atoms with E-state index in [1.165, 1.54) is 25.7 Å². The fourth-order valence-electron chi connectivity index (χ4n) is 0.933. The summed E-state index contributed by atoms with van der Waals surface area (Å²) in [7, 11) is 0. The van der Waals surface area contributed by atoms with E-state index in [0.29, 0.717) is 0 Å². The zero-order valence-electron chi connectivity index (χ0n) is 7.23. The molecule has 0 bridgehead atoms. The van der Waals surface area contributed by atoms with Crippen molar-refractivity contribution in [2.24, 2.45) is 5.92 Å². The van der Waals surface area contributed by atoms with E-state index in [2.05, 4.69) is 13.8 Å². The Morgan fingerprint density at radius 2 is 1.90 bits per heavy atom. The molecule has 1 nitrogen and oxygen atoms in total. The van der Waals surface area contributed by atoms with Crippen LogP contribution in [0.3, 0.4) is 0 Å². The highest BCUT2D eigenvalue weighted by Gasteiger charge is 1.92. The Kier molecular flexibility index (Phi) is 8.40. The van der Waals surface area contributed by atoms with Gasteiger partial charge >= 0.3 is 22.1 Å². The van der Waals surface area contributed by atoms with Gasteiger partial charge in [0.2, 0.25) is 0 Å². The van der Waals surface area contributed by atoms with Crippen LogP contribution >= 0.6 is 0 Å². The summed E-state index contributed by atoms with van der Waals surface area (Å²) >= 11 is 1.59. The van der Waals surface area contributed by atoms with Crippen LogP contribution in [0.1, 0.15) is 39.5 Å². The summed E-state index contributed by atoms with van der Waals surface area (Å²) in [5.74, 6) is 0.865. The van der Waals surface area contributed by atoms with Crippen LogP contribution in [-0.4, -0.2) is 28.7 Å². The van der Waals surface area contributed by atoms with E-state index in [1.807, 2.05) is 0 Å². The average Bonchev–Trinajstić information content (AvgIpc) is 1.87. The maximum atomic E-state index is 4.98. The van der Waals surface area contributed by atoms with E-state index in [-0.39, 0.29) is 0 Å². The topological polar surface area (TPSA) is 9.23 Å². The van der Waals surface area contributed by atoms with Crippen LogP contribution in [0.2, 0.25) is 0 Å². The Morgan fingerprint density at radius 1 is 1.20 bits per heavy atom. The average molecular weight is 154 g/mol. The Morgan fingerprint density at radius 3 is 2.40 bits per heavy atom. The Balaban J connectivity index is 2.77. The zero-order valence-corrected chi connectivity index (χ0v) is 8.64. The van der Waals surface area contributed by atoms with Gasteiger partial charge in [0.25, 0.3) is 0 Å². The molecule has 0 atom stereocenters. The van der Waals surface area contributed by atoms with Crippen LogP contribution in [0.5, 0.6) is 0 Å². The lowest BCUT2D eigenvalue weighted by Gasteiger charge is -2.04. The van der Waals surface area contributed by atoms with Crippen LogP contribution in [-0.2, 0) is 3.17 Å². The first-order chi connectivity index (χ1) is 4.77. The summed E-state index contributed by atoms with van der Waals surface area (Å²) in [5, 5.41) is 0. The van der Waals surface area contributed by atoms with Gasteiger partial charge in [0.1, 0.15) is 0 Å². The van der Waals surface area contributed by atoms with E-state index in [0.717, 1.165) is 12.5 Å². The third kappa shape index (κ3) is 8.73. The molecule has 0 amide bonds. The molecule has 57 valence electrons. The molecule has 0 aliphatic carbocycles. The molecule has 0 rings (SSSR count). The summed E-state index contributed by atoms with van der Waals surface area (Å²) in [6, 6.07) is 0. The first kappa shape index (κ1) is 10.7. The van der Waals surface area contributed by atoms with Crippen LogP contribution < -0.4 is 0 Å². The SMILES string of the molecule is CC(C)CCCCC[O][Mg]. The van der Waals surface area contributed by atoms with Gasteiger partial charge in [0.15, 0.2) is 0 Å². The lowest BCUT2D eigenvalue weighted by molar-refractivity contribution is 0.331. The van der Waals surface area contributed by atoms with Crippen LogP contribution in [0.4, 0.5) is 0 Å². The fourth-order valence-corrected chi connectivity index (χ4v) is 1.14. The smallest absolute Gasteiger partial charge is 0.452 e. The molecule has 0 saturated heterocycles. The lowest BCUT2D eigenvalue weighted by Crippen LogP contribution is -1.91. The minimum absolute atomic E-state index is 0.865. The van der Waals surface area contributed by atoms with E-state index >= 15 is 0 Å². The molecule has 10 heavy (non-hydrogen) atoms. The molecule has 2 heteroatoms. The molecule has 0 fully saturated rings. The van der Waals surface area contributed by atoms with Crippen molar-refractivity contribution >= 4 is 22.1 Å². The highest BCUT2D eigenvalue weighted by Crippen LogP contribution is 2.07. The minimum Gasteiger partial charge on any atom is -0.584 e. The second-order valence-electron chi connectivity index (χ2n) is 3.15. The van der Waals surface area contributed by atoms with Crippen molar-refractivity contribution in [3.63, 3.8) is 0 Å². The van der Waals surface area contributed by atoms with Crippen molar-refractivity contribution in [2.75, 3.05) is 6.61 Å². The summed E-state index contributed by atoms with van der Waals surface area (Å²) in [4.78, 5) is 0. The lowest BCUT2D eigenvalue weighted by atomic mass is 10.1. The van der Waals surface area contributed by atoms with Gasteiger partial charge in [-0.1, -0.05) is 33.1 Å². The molecule has 0 unspecified atom stereocenters. The Labute approximate surface area is 77.5 Å². The normalized spacial score (nSPS) is 10.6. The zero-order chi connectivity index (χ0) is 7.82. The largest absolute Gasteiger partial charge is 0.584 e.